The minimum atomic E-state index is -0.715. The molecule has 0 bridgehead atoms. The number of benzene rings is 1. The fourth-order valence-corrected chi connectivity index (χ4v) is 5.26. The number of H-pyrrole nitrogens is 1. The Labute approximate surface area is 176 Å². The molecule has 158 valence electrons. The fourth-order valence-electron chi connectivity index (χ4n) is 5.26. The molecule has 1 aromatic carbocycles. The molecular formula is C23H28N4O3. The molecule has 1 aromatic heterocycles. The number of nitrogens with one attached hydrogen (secondary N) is 1. The van der Waals surface area contributed by atoms with Crippen LogP contribution < -0.4 is 0 Å². The van der Waals surface area contributed by atoms with Gasteiger partial charge in [0.05, 0.1) is 13.2 Å². The second kappa shape index (κ2) is 7.87. The van der Waals surface area contributed by atoms with Crippen LogP contribution in [0.3, 0.4) is 0 Å². The Morgan fingerprint density at radius 1 is 1.17 bits per heavy atom. The van der Waals surface area contributed by atoms with Crippen molar-refractivity contribution in [2.45, 2.75) is 50.7 Å². The lowest BCUT2D eigenvalue weighted by Gasteiger charge is -2.44. The van der Waals surface area contributed by atoms with Crippen molar-refractivity contribution in [2.24, 2.45) is 0 Å². The molecule has 2 fully saturated rings. The van der Waals surface area contributed by atoms with Gasteiger partial charge in [-0.1, -0.05) is 30.3 Å². The molecule has 3 aliphatic heterocycles. The Morgan fingerprint density at radius 2 is 1.97 bits per heavy atom. The van der Waals surface area contributed by atoms with Gasteiger partial charge in [0.1, 0.15) is 5.54 Å². The maximum absolute atomic E-state index is 13.6. The number of carbonyl (C=O) groups excluding carboxylic acids is 2. The molecule has 7 heteroatoms. The number of aromatic nitrogens is 2. The first-order valence-electron chi connectivity index (χ1n) is 11.0. The molecule has 2 amide bonds. The molecule has 1 N–H and O–H groups in total. The van der Waals surface area contributed by atoms with Crippen LogP contribution in [0, 0.1) is 0 Å². The summed E-state index contributed by atoms with van der Waals surface area (Å²) in [6, 6.07) is 10.3. The van der Waals surface area contributed by atoms with Crippen LogP contribution >= 0.6 is 0 Å². The van der Waals surface area contributed by atoms with Gasteiger partial charge in [0.25, 0.3) is 5.91 Å². The minimum Gasteiger partial charge on any atom is -0.376 e. The number of piperidine rings is 1. The predicted octanol–water partition coefficient (Wildman–Crippen LogP) is 2.32. The van der Waals surface area contributed by atoms with Gasteiger partial charge in [-0.25, -0.2) is 0 Å². The normalized spacial score (nSPS) is 23.8. The Kier molecular flexibility index (Phi) is 5.06. The van der Waals surface area contributed by atoms with Gasteiger partial charge >= 0.3 is 0 Å². The smallest absolute Gasteiger partial charge is 0.275 e. The molecule has 3 aliphatic rings. The third kappa shape index (κ3) is 3.21. The fraction of sp³-hybridized carbons (Fsp3) is 0.522. The van der Waals surface area contributed by atoms with E-state index < -0.39 is 5.54 Å². The van der Waals surface area contributed by atoms with E-state index in [2.05, 4.69) is 22.3 Å². The van der Waals surface area contributed by atoms with E-state index >= 15 is 0 Å². The number of carbonyl (C=O) groups is 2. The summed E-state index contributed by atoms with van der Waals surface area (Å²) >= 11 is 0. The van der Waals surface area contributed by atoms with Crippen LogP contribution in [0.1, 0.15) is 53.0 Å². The predicted molar refractivity (Wildman–Crippen MR) is 111 cm³/mol. The molecule has 0 saturated carbocycles. The minimum absolute atomic E-state index is 0.108. The zero-order chi connectivity index (χ0) is 20.6. The van der Waals surface area contributed by atoms with Crippen LogP contribution in [0.2, 0.25) is 0 Å². The van der Waals surface area contributed by atoms with E-state index in [-0.39, 0.29) is 11.8 Å². The highest BCUT2D eigenvalue weighted by Crippen LogP contribution is 2.39. The van der Waals surface area contributed by atoms with Crippen LogP contribution in [-0.4, -0.2) is 63.6 Å². The number of aromatic amines is 1. The van der Waals surface area contributed by atoms with Crippen LogP contribution in [0.15, 0.2) is 30.3 Å². The first kappa shape index (κ1) is 19.3. The number of nitrogens with zero attached hydrogens (tertiary/aromatic N) is 3. The second-order valence-corrected chi connectivity index (χ2v) is 8.56. The lowest BCUT2D eigenvalue weighted by molar-refractivity contribution is -0.145. The van der Waals surface area contributed by atoms with Crippen molar-refractivity contribution in [3.05, 3.63) is 52.8 Å². The first-order valence-corrected chi connectivity index (χ1v) is 11.0. The number of ether oxygens (including phenoxy) is 1. The molecule has 4 heterocycles. The summed E-state index contributed by atoms with van der Waals surface area (Å²) in [5.41, 5.74) is 2.79. The van der Waals surface area contributed by atoms with Gasteiger partial charge in [-0.3, -0.25) is 14.7 Å². The Morgan fingerprint density at radius 3 is 2.80 bits per heavy atom. The number of likely N-dealkylation sites (tertiary alicyclic amines) is 2. The number of rotatable bonds is 4. The van der Waals surface area contributed by atoms with Gasteiger partial charge in [-0.15, -0.1) is 0 Å². The molecule has 1 atom stereocenters. The third-order valence-corrected chi connectivity index (χ3v) is 6.85. The first-order chi connectivity index (χ1) is 14.7. The molecule has 0 aliphatic carbocycles. The van der Waals surface area contributed by atoms with Crippen LogP contribution in [-0.2, 0) is 29.0 Å². The number of amides is 2. The maximum Gasteiger partial charge on any atom is 0.275 e. The lowest BCUT2D eigenvalue weighted by atomic mass is 9.85. The largest absolute Gasteiger partial charge is 0.376 e. The van der Waals surface area contributed by atoms with Gasteiger partial charge < -0.3 is 14.5 Å². The molecule has 1 unspecified atom stereocenters. The summed E-state index contributed by atoms with van der Waals surface area (Å²) in [6.45, 7) is 3.12. The third-order valence-electron chi connectivity index (χ3n) is 6.85. The average Bonchev–Trinajstić information content (AvgIpc) is 3.40. The van der Waals surface area contributed by atoms with E-state index in [0.29, 0.717) is 32.0 Å². The Bertz CT molecular complexity index is 941. The van der Waals surface area contributed by atoms with Gasteiger partial charge in [0.2, 0.25) is 5.91 Å². The topological polar surface area (TPSA) is 78.5 Å². The van der Waals surface area contributed by atoms with E-state index in [1.54, 1.807) is 0 Å². The number of hydrogen-bond acceptors (Lipinski definition) is 4. The molecule has 5 rings (SSSR count). The molecule has 30 heavy (non-hydrogen) atoms. The van der Waals surface area contributed by atoms with Crippen molar-refractivity contribution in [3.8, 4) is 0 Å². The van der Waals surface area contributed by atoms with Crippen molar-refractivity contribution in [2.75, 3.05) is 26.2 Å². The average molecular weight is 409 g/mol. The lowest BCUT2D eigenvalue weighted by Crippen LogP contribution is -2.61. The number of fused-ring (bicyclic) bond motifs is 1. The van der Waals surface area contributed by atoms with E-state index in [9.17, 15) is 9.59 Å². The number of hydrogen-bond donors (Lipinski definition) is 1. The highest BCUT2D eigenvalue weighted by Gasteiger charge is 2.53. The molecule has 7 nitrogen and oxygen atoms in total. The van der Waals surface area contributed by atoms with Gasteiger partial charge in [0.15, 0.2) is 5.69 Å². The summed E-state index contributed by atoms with van der Waals surface area (Å²) in [6.07, 6.45) is 4.83. The zero-order valence-electron chi connectivity index (χ0n) is 17.2. The SMILES string of the molecule is O=C(c1n[nH]c2c1COCC2)N1CCCC12CCCN(CCc1ccccc1)C2=O. The Hall–Kier alpha value is -2.67. The summed E-state index contributed by atoms with van der Waals surface area (Å²) in [7, 11) is 0. The summed E-state index contributed by atoms with van der Waals surface area (Å²) in [5, 5.41) is 7.33. The monoisotopic (exact) mass is 408 g/mol. The Balaban J connectivity index is 1.36. The molecular weight excluding hydrogens is 380 g/mol. The van der Waals surface area contributed by atoms with Crippen molar-refractivity contribution in [3.63, 3.8) is 0 Å². The van der Waals surface area contributed by atoms with Crippen molar-refractivity contribution in [1.82, 2.24) is 20.0 Å². The van der Waals surface area contributed by atoms with Gasteiger partial charge in [0, 0.05) is 37.3 Å². The van der Waals surface area contributed by atoms with Crippen LogP contribution in [0.4, 0.5) is 0 Å². The molecule has 1 spiro atoms. The standard InChI is InChI=1S/C23H28N4O3/c28-21(20-18-16-30-15-9-19(18)24-25-20)27-13-5-11-23(27)10-4-12-26(22(23)29)14-8-17-6-2-1-3-7-17/h1-3,6-7H,4-5,8-16H2,(H,24,25). The highest BCUT2D eigenvalue weighted by atomic mass is 16.5. The van der Waals surface area contributed by atoms with E-state index in [1.807, 2.05) is 28.0 Å². The second-order valence-electron chi connectivity index (χ2n) is 8.56. The van der Waals surface area contributed by atoms with Crippen LogP contribution in [0.25, 0.3) is 0 Å². The van der Waals surface area contributed by atoms with Crippen molar-refractivity contribution >= 4 is 11.8 Å². The maximum atomic E-state index is 13.6. The van der Waals surface area contributed by atoms with Crippen LogP contribution in [0.5, 0.6) is 0 Å². The van der Waals surface area contributed by atoms with Crippen molar-refractivity contribution in [1.29, 1.82) is 0 Å². The molecule has 0 radical (unpaired) electrons. The van der Waals surface area contributed by atoms with E-state index in [0.717, 1.165) is 56.3 Å². The highest BCUT2D eigenvalue weighted by molar-refractivity contribution is 6.00. The van der Waals surface area contributed by atoms with Gasteiger partial charge in [-0.2, -0.15) is 5.10 Å². The van der Waals surface area contributed by atoms with E-state index in [4.69, 9.17) is 4.74 Å². The molecule has 2 saturated heterocycles. The summed E-state index contributed by atoms with van der Waals surface area (Å²) in [4.78, 5) is 30.9. The zero-order valence-corrected chi connectivity index (χ0v) is 17.2. The summed E-state index contributed by atoms with van der Waals surface area (Å²) < 4.78 is 5.55. The van der Waals surface area contributed by atoms with Crippen molar-refractivity contribution < 1.29 is 14.3 Å². The quantitative estimate of drug-likeness (QED) is 0.842. The van der Waals surface area contributed by atoms with E-state index in [1.165, 1.54) is 5.56 Å². The van der Waals surface area contributed by atoms with Gasteiger partial charge in [-0.05, 0) is 37.7 Å². The molecule has 2 aromatic rings. The summed E-state index contributed by atoms with van der Waals surface area (Å²) in [5.74, 6) is -0.0232.